The molecule has 1 aliphatic carbocycles. The molecule has 2 aliphatic heterocycles. The summed E-state index contributed by atoms with van der Waals surface area (Å²) >= 11 is 0. The molecule has 0 radical (unpaired) electrons. The smallest absolute Gasteiger partial charge is 0.254 e. The molecule has 3 fully saturated rings. The molecule has 4 heteroatoms. The number of carbonyl (C=O) groups excluding carboxylic acids is 1. The predicted octanol–water partition coefficient (Wildman–Crippen LogP) is 2.25. The van der Waals surface area contributed by atoms with E-state index in [0.29, 0.717) is 6.04 Å². The molecule has 0 spiro atoms. The zero-order valence-corrected chi connectivity index (χ0v) is 13.2. The number of ether oxygens (including phenoxy) is 1. The molecule has 2 saturated heterocycles. The van der Waals surface area contributed by atoms with Gasteiger partial charge in [-0.15, -0.1) is 0 Å². The quantitative estimate of drug-likeness (QED) is 0.858. The average molecular weight is 300 g/mol. The van der Waals surface area contributed by atoms with Crippen molar-refractivity contribution in [3.8, 4) is 5.75 Å². The zero-order chi connectivity index (χ0) is 15.1. The van der Waals surface area contributed by atoms with Crippen molar-refractivity contribution < 1.29 is 9.53 Å². The molecule has 118 valence electrons. The first kappa shape index (κ1) is 14.1. The molecule has 3 aliphatic rings. The van der Waals surface area contributed by atoms with Gasteiger partial charge in [-0.2, -0.15) is 0 Å². The van der Waals surface area contributed by atoms with Crippen molar-refractivity contribution in [3.63, 3.8) is 0 Å². The van der Waals surface area contributed by atoms with Gasteiger partial charge in [0.25, 0.3) is 5.91 Å². The molecule has 4 rings (SSSR count). The largest absolute Gasteiger partial charge is 0.497 e. The lowest BCUT2D eigenvalue weighted by molar-refractivity contribution is 0.0312. The van der Waals surface area contributed by atoms with Crippen LogP contribution in [0.5, 0.6) is 5.75 Å². The van der Waals surface area contributed by atoms with Crippen LogP contribution in [-0.4, -0.2) is 55.0 Å². The minimum absolute atomic E-state index is 0.134. The van der Waals surface area contributed by atoms with Crippen LogP contribution >= 0.6 is 0 Å². The van der Waals surface area contributed by atoms with Crippen molar-refractivity contribution >= 4 is 5.91 Å². The third-order valence-electron chi connectivity index (χ3n) is 5.74. The van der Waals surface area contributed by atoms with E-state index in [1.54, 1.807) is 7.11 Å². The van der Waals surface area contributed by atoms with Gasteiger partial charge in [-0.05, 0) is 42.9 Å². The maximum absolute atomic E-state index is 12.5. The molecule has 22 heavy (non-hydrogen) atoms. The molecule has 1 saturated carbocycles. The van der Waals surface area contributed by atoms with Crippen molar-refractivity contribution in [2.24, 2.45) is 11.8 Å². The van der Waals surface area contributed by atoms with Crippen LogP contribution in [-0.2, 0) is 0 Å². The van der Waals surface area contributed by atoms with Crippen LogP contribution in [0, 0.1) is 11.8 Å². The summed E-state index contributed by atoms with van der Waals surface area (Å²) in [5, 5.41) is 0. The fraction of sp³-hybridized carbons (Fsp3) is 0.611. The highest BCUT2D eigenvalue weighted by Crippen LogP contribution is 2.39. The summed E-state index contributed by atoms with van der Waals surface area (Å²) in [4.78, 5) is 17.1. The maximum Gasteiger partial charge on any atom is 0.254 e. The highest BCUT2D eigenvalue weighted by atomic mass is 16.5. The van der Waals surface area contributed by atoms with E-state index in [0.717, 1.165) is 36.2 Å². The first-order valence-corrected chi connectivity index (χ1v) is 8.42. The first-order valence-electron chi connectivity index (χ1n) is 8.42. The number of fused-ring (bicyclic) bond motifs is 1. The van der Waals surface area contributed by atoms with E-state index >= 15 is 0 Å². The molecule has 2 heterocycles. The summed E-state index contributed by atoms with van der Waals surface area (Å²) in [5.74, 6) is 2.75. The van der Waals surface area contributed by atoms with Crippen LogP contribution in [0.25, 0.3) is 0 Å². The van der Waals surface area contributed by atoms with Crippen LogP contribution in [0.2, 0.25) is 0 Å². The lowest BCUT2D eigenvalue weighted by Crippen LogP contribution is -2.60. The summed E-state index contributed by atoms with van der Waals surface area (Å²) in [6.07, 6.45) is 4.26. The molecule has 2 atom stereocenters. The minimum atomic E-state index is 0.134. The minimum Gasteiger partial charge on any atom is -0.497 e. The SMILES string of the molecule is COc1cccc(C(=O)N2CC(N3CC4CCCC4C3)C2)c1. The van der Waals surface area contributed by atoms with Crippen molar-refractivity contribution in [2.75, 3.05) is 33.3 Å². The molecule has 1 amide bonds. The highest BCUT2D eigenvalue weighted by molar-refractivity contribution is 5.95. The van der Waals surface area contributed by atoms with Crippen molar-refractivity contribution in [3.05, 3.63) is 29.8 Å². The van der Waals surface area contributed by atoms with Gasteiger partial charge in [0.2, 0.25) is 0 Å². The maximum atomic E-state index is 12.5. The van der Waals surface area contributed by atoms with Crippen LogP contribution in [0.1, 0.15) is 29.6 Å². The third kappa shape index (κ3) is 2.39. The second-order valence-electron chi connectivity index (χ2n) is 7.00. The Morgan fingerprint density at radius 2 is 1.86 bits per heavy atom. The Balaban J connectivity index is 1.34. The lowest BCUT2D eigenvalue weighted by atomic mass is 10.0. The van der Waals surface area contributed by atoms with E-state index < -0.39 is 0 Å². The Kier molecular flexibility index (Phi) is 3.57. The van der Waals surface area contributed by atoms with Gasteiger partial charge in [-0.25, -0.2) is 0 Å². The molecular formula is C18H24N2O2. The summed E-state index contributed by atoms with van der Waals surface area (Å²) in [6, 6.07) is 8.04. The highest BCUT2D eigenvalue weighted by Gasteiger charge is 2.43. The number of methoxy groups -OCH3 is 1. The fourth-order valence-electron chi connectivity index (χ4n) is 4.36. The van der Waals surface area contributed by atoms with Crippen LogP contribution in [0.15, 0.2) is 24.3 Å². The molecular weight excluding hydrogens is 276 g/mol. The van der Waals surface area contributed by atoms with Gasteiger partial charge in [0.1, 0.15) is 5.75 Å². The second kappa shape index (κ2) is 5.58. The molecule has 0 N–H and O–H groups in total. The van der Waals surface area contributed by atoms with Gasteiger partial charge >= 0.3 is 0 Å². The Morgan fingerprint density at radius 3 is 2.55 bits per heavy atom. The average Bonchev–Trinajstić information content (AvgIpc) is 3.07. The molecule has 1 aromatic rings. The molecule has 4 nitrogen and oxygen atoms in total. The number of benzene rings is 1. The molecule has 2 unspecified atom stereocenters. The Hall–Kier alpha value is -1.55. The van der Waals surface area contributed by atoms with E-state index in [1.807, 2.05) is 29.2 Å². The second-order valence-corrected chi connectivity index (χ2v) is 7.00. The van der Waals surface area contributed by atoms with E-state index in [2.05, 4.69) is 4.90 Å². The van der Waals surface area contributed by atoms with Gasteiger partial charge in [-0.3, -0.25) is 9.69 Å². The lowest BCUT2D eigenvalue weighted by Gasteiger charge is -2.44. The number of carbonyl (C=O) groups is 1. The fourth-order valence-corrected chi connectivity index (χ4v) is 4.36. The van der Waals surface area contributed by atoms with Crippen LogP contribution in [0.4, 0.5) is 0 Å². The standard InChI is InChI=1S/C18H24N2O2/c1-22-17-7-3-4-13(8-17)18(21)20-11-16(12-20)19-9-14-5-2-6-15(14)10-19/h3-4,7-8,14-16H,2,5-6,9-12H2,1H3. The van der Waals surface area contributed by atoms with Crippen molar-refractivity contribution in [1.29, 1.82) is 0 Å². The molecule has 0 aromatic heterocycles. The van der Waals surface area contributed by atoms with Crippen molar-refractivity contribution in [2.45, 2.75) is 25.3 Å². The Bertz CT molecular complexity index is 556. The Morgan fingerprint density at radius 1 is 1.14 bits per heavy atom. The number of nitrogens with zero attached hydrogens (tertiary/aromatic N) is 2. The van der Waals surface area contributed by atoms with Crippen LogP contribution in [0.3, 0.4) is 0 Å². The van der Waals surface area contributed by atoms with E-state index in [4.69, 9.17) is 4.74 Å². The number of likely N-dealkylation sites (tertiary alicyclic amines) is 2. The van der Waals surface area contributed by atoms with Gasteiger partial charge in [0.05, 0.1) is 7.11 Å². The van der Waals surface area contributed by atoms with E-state index in [-0.39, 0.29) is 5.91 Å². The van der Waals surface area contributed by atoms with Crippen molar-refractivity contribution in [1.82, 2.24) is 9.80 Å². The summed E-state index contributed by atoms with van der Waals surface area (Å²) in [6.45, 7) is 4.29. The zero-order valence-electron chi connectivity index (χ0n) is 13.2. The first-order chi connectivity index (χ1) is 10.7. The Labute approximate surface area is 132 Å². The van der Waals surface area contributed by atoms with Crippen LogP contribution < -0.4 is 4.74 Å². The summed E-state index contributed by atoms with van der Waals surface area (Å²) in [7, 11) is 1.63. The predicted molar refractivity (Wildman–Crippen MR) is 85.1 cm³/mol. The van der Waals surface area contributed by atoms with Gasteiger partial charge < -0.3 is 9.64 Å². The topological polar surface area (TPSA) is 32.8 Å². The third-order valence-corrected chi connectivity index (χ3v) is 5.74. The number of amides is 1. The number of rotatable bonds is 3. The van der Waals surface area contributed by atoms with Gasteiger partial charge in [0.15, 0.2) is 0 Å². The summed E-state index contributed by atoms with van der Waals surface area (Å²) < 4.78 is 5.20. The summed E-state index contributed by atoms with van der Waals surface area (Å²) in [5.41, 5.74) is 0.732. The number of hydrogen-bond donors (Lipinski definition) is 0. The van der Waals surface area contributed by atoms with Gasteiger partial charge in [0, 0.05) is 37.8 Å². The normalized spacial score (nSPS) is 28.5. The molecule has 0 bridgehead atoms. The van der Waals surface area contributed by atoms with E-state index in [9.17, 15) is 4.79 Å². The molecule has 1 aromatic carbocycles. The number of hydrogen-bond acceptors (Lipinski definition) is 3. The van der Waals surface area contributed by atoms with E-state index in [1.165, 1.54) is 32.4 Å². The monoisotopic (exact) mass is 300 g/mol. The van der Waals surface area contributed by atoms with Gasteiger partial charge in [-0.1, -0.05) is 12.5 Å².